The summed E-state index contributed by atoms with van der Waals surface area (Å²) in [6.45, 7) is 2.45. The van der Waals surface area contributed by atoms with Gasteiger partial charge >= 0.3 is 0 Å². The van der Waals surface area contributed by atoms with E-state index in [1.54, 1.807) is 12.4 Å². The van der Waals surface area contributed by atoms with Gasteiger partial charge in [0.1, 0.15) is 6.07 Å². The summed E-state index contributed by atoms with van der Waals surface area (Å²) >= 11 is 0. The van der Waals surface area contributed by atoms with Crippen molar-refractivity contribution in [2.24, 2.45) is 0 Å². The molecule has 0 spiro atoms. The highest BCUT2D eigenvalue weighted by molar-refractivity contribution is 5.58. The fourth-order valence-electron chi connectivity index (χ4n) is 2.51. The van der Waals surface area contributed by atoms with Crippen LogP contribution in [0.5, 0.6) is 0 Å². The lowest BCUT2D eigenvalue weighted by atomic mass is 10.1. The molecule has 1 aliphatic rings. The first-order chi connectivity index (χ1) is 9.79. The zero-order valence-electron chi connectivity index (χ0n) is 11.3. The fourth-order valence-corrected chi connectivity index (χ4v) is 2.51. The summed E-state index contributed by atoms with van der Waals surface area (Å²) in [6.07, 6.45) is 3.19. The molecule has 3 rings (SSSR count). The number of fused-ring (bicyclic) bond motifs is 1. The van der Waals surface area contributed by atoms with E-state index in [0.29, 0.717) is 11.5 Å². The van der Waals surface area contributed by atoms with Gasteiger partial charge in [-0.1, -0.05) is 18.2 Å². The van der Waals surface area contributed by atoms with Gasteiger partial charge in [0.2, 0.25) is 0 Å². The molecule has 5 nitrogen and oxygen atoms in total. The van der Waals surface area contributed by atoms with Crippen LogP contribution in [-0.4, -0.2) is 30.1 Å². The van der Waals surface area contributed by atoms with E-state index in [9.17, 15) is 5.26 Å². The molecule has 0 fully saturated rings. The van der Waals surface area contributed by atoms with Crippen molar-refractivity contribution >= 4 is 11.5 Å². The molecule has 2 aromatic rings. The summed E-state index contributed by atoms with van der Waals surface area (Å²) < 4.78 is 0. The largest absolute Gasteiger partial charge is 0.373 e. The number of hydrogen-bond donors (Lipinski definition) is 0. The van der Waals surface area contributed by atoms with Gasteiger partial charge in [-0.3, -0.25) is 0 Å². The topological polar surface area (TPSA) is 56.1 Å². The SMILES string of the molecule is CN1CCN(c2nccnc2C#N)Cc2ccccc21. The molecule has 20 heavy (non-hydrogen) atoms. The maximum absolute atomic E-state index is 9.18. The van der Waals surface area contributed by atoms with E-state index in [1.807, 2.05) is 12.1 Å². The number of rotatable bonds is 1. The molecule has 2 heterocycles. The number of para-hydroxylation sites is 1. The van der Waals surface area contributed by atoms with Crippen molar-refractivity contribution in [3.05, 3.63) is 47.9 Å². The van der Waals surface area contributed by atoms with Crippen molar-refractivity contribution < 1.29 is 0 Å². The third-order valence-electron chi connectivity index (χ3n) is 3.55. The van der Waals surface area contributed by atoms with Gasteiger partial charge in [0.05, 0.1) is 0 Å². The second kappa shape index (κ2) is 5.17. The monoisotopic (exact) mass is 265 g/mol. The quantitative estimate of drug-likeness (QED) is 0.787. The van der Waals surface area contributed by atoms with Crippen molar-refractivity contribution in [2.45, 2.75) is 6.54 Å². The van der Waals surface area contributed by atoms with E-state index < -0.39 is 0 Å². The molecular formula is C15H15N5. The Balaban J connectivity index is 2.00. The molecular weight excluding hydrogens is 250 g/mol. The Hall–Kier alpha value is -2.61. The van der Waals surface area contributed by atoms with Gasteiger partial charge < -0.3 is 9.80 Å². The summed E-state index contributed by atoms with van der Waals surface area (Å²) in [5.41, 5.74) is 2.86. The average molecular weight is 265 g/mol. The summed E-state index contributed by atoms with van der Waals surface area (Å²) in [5.74, 6) is 0.667. The Morgan fingerprint density at radius 3 is 2.80 bits per heavy atom. The number of hydrogen-bond acceptors (Lipinski definition) is 5. The Labute approximate surface area is 118 Å². The normalized spacial score (nSPS) is 14.4. The Bertz CT molecular complexity index is 661. The van der Waals surface area contributed by atoms with E-state index in [2.05, 4.69) is 45.0 Å². The zero-order chi connectivity index (χ0) is 13.9. The number of likely N-dealkylation sites (N-methyl/N-ethyl adjacent to an activating group) is 1. The molecule has 0 saturated carbocycles. The minimum absolute atomic E-state index is 0.384. The maximum Gasteiger partial charge on any atom is 0.183 e. The molecule has 1 aromatic heterocycles. The third kappa shape index (κ3) is 2.16. The van der Waals surface area contributed by atoms with Crippen molar-refractivity contribution in [3.8, 4) is 6.07 Å². The van der Waals surface area contributed by atoms with Gasteiger partial charge in [-0.05, 0) is 11.6 Å². The van der Waals surface area contributed by atoms with E-state index >= 15 is 0 Å². The van der Waals surface area contributed by atoms with E-state index in [-0.39, 0.29) is 0 Å². The summed E-state index contributed by atoms with van der Waals surface area (Å²) in [6, 6.07) is 10.5. The Morgan fingerprint density at radius 1 is 1.15 bits per heavy atom. The van der Waals surface area contributed by atoms with Gasteiger partial charge in [0.25, 0.3) is 0 Å². The molecule has 0 amide bonds. The van der Waals surface area contributed by atoms with Gasteiger partial charge in [0, 0.05) is 44.8 Å². The molecule has 1 aromatic carbocycles. The molecule has 100 valence electrons. The van der Waals surface area contributed by atoms with Crippen LogP contribution in [0.1, 0.15) is 11.3 Å². The first-order valence-corrected chi connectivity index (χ1v) is 6.54. The van der Waals surface area contributed by atoms with Crippen LogP contribution in [0.25, 0.3) is 0 Å². The highest BCUT2D eigenvalue weighted by Gasteiger charge is 2.20. The molecule has 0 radical (unpaired) electrons. The fraction of sp³-hybridized carbons (Fsp3) is 0.267. The number of benzene rings is 1. The number of nitriles is 1. The van der Waals surface area contributed by atoms with Crippen LogP contribution < -0.4 is 9.80 Å². The van der Waals surface area contributed by atoms with Gasteiger partial charge in [-0.25, -0.2) is 9.97 Å². The number of anilines is 2. The van der Waals surface area contributed by atoms with Crippen LogP contribution in [0.3, 0.4) is 0 Å². The molecule has 0 aliphatic carbocycles. The molecule has 0 N–H and O–H groups in total. The third-order valence-corrected chi connectivity index (χ3v) is 3.55. The van der Waals surface area contributed by atoms with Crippen molar-refractivity contribution in [1.29, 1.82) is 5.26 Å². The molecule has 5 heteroatoms. The van der Waals surface area contributed by atoms with E-state index in [1.165, 1.54) is 11.3 Å². The second-order valence-corrected chi connectivity index (χ2v) is 4.81. The van der Waals surface area contributed by atoms with Crippen molar-refractivity contribution in [3.63, 3.8) is 0 Å². The minimum Gasteiger partial charge on any atom is -0.373 e. The Kier molecular flexibility index (Phi) is 3.21. The minimum atomic E-state index is 0.384. The maximum atomic E-state index is 9.18. The van der Waals surface area contributed by atoms with Crippen molar-refractivity contribution in [2.75, 3.05) is 29.9 Å². The molecule has 0 bridgehead atoms. The predicted molar refractivity (Wildman–Crippen MR) is 77.5 cm³/mol. The molecule has 1 aliphatic heterocycles. The lowest BCUT2D eigenvalue weighted by molar-refractivity contribution is 0.779. The standard InChI is InChI=1S/C15H15N5/c1-19-8-9-20(11-12-4-2-3-5-14(12)19)15-13(10-16)17-6-7-18-15/h2-7H,8-9,11H2,1H3. The van der Waals surface area contributed by atoms with Gasteiger partial charge in [-0.2, -0.15) is 5.26 Å². The van der Waals surface area contributed by atoms with Crippen LogP contribution in [0.15, 0.2) is 36.7 Å². The van der Waals surface area contributed by atoms with Gasteiger partial charge in [0.15, 0.2) is 11.5 Å². The highest BCUT2D eigenvalue weighted by Crippen LogP contribution is 2.26. The highest BCUT2D eigenvalue weighted by atomic mass is 15.2. The smallest absolute Gasteiger partial charge is 0.183 e. The lowest BCUT2D eigenvalue weighted by Gasteiger charge is -2.22. The zero-order valence-corrected chi connectivity index (χ0v) is 11.3. The number of nitrogens with zero attached hydrogens (tertiary/aromatic N) is 5. The average Bonchev–Trinajstić information content (AvgIpc) is 2.67. The van der Waals surface area contributed by atoms with Crippen molar-refractivity contribution in [1.82, 2.24) is 9.97 Å². The van der Waals surface area contributed by atoms with Crippen LogP contribution in [-0.2, 0) is 6.54 Å². The summed E-state index contributed by atoms with van der Waals surface area (Å²) in [5, 5.41) is 9.18. The summed E-state index contributed by atoms with van der Waals surface area (Å²) in [4.78, 5) is 12.8. The number of aromatic nitrogens is 2. The molecule has 0 unspecified atom stereocenters. The van der Waals surface area contributed by atoms with Crippen LogP contribution >= 0.6 is 0 Å². The summed E-state index contributed by atoms with van der Waals surface area (Å²) in [7, 11) is 2.09. The molecule has 0 saturated heterocycles. The predicted octanol–water partition coefficient (Wildman–Crippen LogP) is 1.80. The van der Waals surface area contributed by atoms with Crippen LogP contribution in [0.4, 0.5) is 11.5 Å². The van der Waals surface area contributed by atoms with E-state index in [0.717, 1.165) is 19.6 Å². The second-order valence-electron chi connectivity index (χ2n) is 4.81. The van der Waals surface area contributed by atoms with Crippen LogP contribution in [0.2, 0.25) is 0 Å². The Morgan fingerprint density at radius 2 is 1.95 bits per heavy atom. The lowest BCUT2D eigenvalue weighted by Crippen LogP contribution is -2.30. The van der Waals surface area contributed by atoms with E-state index in [4.69, 9.17) is 0 Å². The van der Waals surface area contributed by atoms with Gasteiger partial charge in [-0.15, -0.1) is 0 Å². The first kappa shape index (κ1) is 12.4. The van der Waals surface area contributed by atoms with Crippen LogP contribution in [0, 0.1) is 11.3 Å². The first-order valence-electron chi connectivity index (χ1n) is 6.54. The molecule has 0 atom stereocenters.